The summed E-state index contributed by atoms with van der Waals surface area (Å²) in [5.74, 6) is -1.10. The zero-order chi connectivity index (χ0) is 16.2. The predicted octanol–water partition coefficient (Wildman–Crippen LogP) is 2.52. The van der Waals surface area contributed by atoms with E-state index in [4.69, 9.17) is 4.74 Å². The maximum Gasteiger partial charge on any atom is 0.428 e. The van der Waals surface area contributed by atoms with Crippen LogP contribution in [0.15, 0.2) is 53.6 Å². The number of nitrogens with one attached hydrogen (secondary N) is 2. The van der Waals surface area contributed by atoms with Crippen molar-refractivity contribution in [2.24, 2.45) is 5.10 Å². The molecule has 2 N–H and O–H groups in total. The van der Waals surface area contributed by atoms with Gasteiger partial charge in [0, 0.05) is 11.3 Å². The molecule has 0 radical (unpaired) electrons. The number of carbonyl (C=O) groups is 2. The van der Waals surface area contributed by atoms with Crippen molar-refractivity contribution in [2.75, 3.05) is 11.9 Å². The minimum Gasteiger partial charge on any atom is -0.442 e. The molecule has 7 heteroatoms. The Kier molecular flexibility index (Phi) is 4.01. The fourth-order valence-electron chi connectivity index (χ4n) is 2.05. The van der Waals surface area contributed by atoms with Crippen molar-refractivity contribution in [3.8, 4) is 0 Å². The summed E-state index contributed by atoms with van der Waals surface area (Å²) >= 11 is 0. The SMILES string of the molecule is O=C1NN=C(c2ccc(NC(=O)c3ccccc3F)cc2)CO1. The molecule has 6 nitrogen and oxygen atoms in total. The fraction of sp³-hybridized carbons (Fsp3) is 0.0625. The summed E-state index contributed by atoms with van der Waals surface area (Å²) in [5.41, 5.74) is 4.02. The van der Waals surface area contributed by atoms with Gasteiger partial charge in [-0.15, -0.1) is 0 Å². The molecule has 0 spiro atoms. The normalized spacial score (nSPS) is 13.6. The number of carbonyl (C=O) groups excluding carboxylic acids is 2. The van der Waals surface area contributed by atoms with Gasteiger partial charge in [-0.1, -0.05) is 24.3 Å². The van der Waals surface area contributed by atoms with E-state index in [0.717, 1.165) is 5.56 Å². The maximum absolute atomic E-state index is 13.6. The monoisotopic (exact) mass is 313 g/mol. The van der Waals surface area contributed by atoms with E-state index in [-0.39, 0.29) is 12.2 Å². The number of halogens is 1. The van der Waals surface area contributed by atoms with Crippen molar-refractivity contribution in [1.29, 1.82) is 0 Å². The molecule has 0 fully saturated rings. The minimum absolute atomic E-state index is 0.0238. The molecular weight excluding hydrogens is 301 g/mol. The summed E-state index contributed by atoms with van der Waals surface area (Å²) in [6, 6.07) is 12.5. The van der Waals surface area contributed by atoms with E-state index in [1.165, 1.54) is 18.2 Å². The van der Waals surface area contributed by atoms with E-state index in [2.05, 4.69) is 15.8 Å². The highest BCUT2D eigenvalue weighted by atomic mass is 19.1. The topological polar surface area (TPSA) is 79.8 Å². The van der Waals surface area contributed by atoms with E-state index >= 15 is 0 Å². The highest BCUT2D eigenvalue weighted by Crippen LogP contribution is 2.14. The molecular formula is C16H12FN3O3. The number of rotatable bonds is 3. The number of amides is 2. The third kappa shape index (κ3) is 3.34. The van der Waals surface area contributed by atoms with Gasteiger partial charge in [-0.2, -0.15) is 5.10 Å². The molecule has 2 aromatic rings. The first-order chi connectivity index (χ1) is 11.1. The molecule has 0 bridgehead atoms. The van der Waals surface area contributed by atoms with Crippen molar-refractivity contribution in [2.45, 2.75) is 0 Å². The number of anilines is 1. The minimum atomic E-state index is -0.595. The second-order valence-electron chi connectivity index (χ2n) is 4.76. The average molecular weight is 313 g/mol. The van der Waals surface area contributed by atoms with Crippen LogP contribution in [0.2, 0.25) is 0 Å². The zero-order valence-corrected chi connectivity index (χ0v) is 11.9. The van der Waals surface area contributed by atoms with Crippen LogP contribution in [-0.4, -0.2) is 24.3 Å². The highest BCUT2D eigenvalue weighted by Gasteiger charge is 2.14. The largest absolute Gasteiger partial charge is 0.442 e. The Bertz CT molecular complexity index is 787. The summed E-state index contributed by atoms with van der Waals surface area (Å²) in [5, 5.41) is 6.50. The lowest BCUT2D eigenvalue weighted by Crippen LogP contribution is -2.30. The Morgan fingerprint density at radius 1 is 1.17 bits per heavy atom. The highest BCUT2D eigenvalue weighted by molar-refractivity contribution is 6.06. The van der Waals surface area contributed by atoms with E-state index in [1.807, 2.05) is 0 Å². The standard InChI is InChI=1S/C16H12FN3O3/c17-13-4-2-1-3-12(13)15(21)18-11-7-5-10(6-8-11)14-9-23-16(22)20-19-14/h1-8H,9H2,(H,18,21)(H,20,22). The third-order valence-electron chi connectivity index (χ3n) is 3.22. The number of hydrogen-bond acceptors (Lipinski definition) is 4. The van der Waals surface area contributed by atoms with Crippen molar-refractivity contribution in [3.63, 3.8) is 0 Å². The van der Waals surface area contributed by atoms with Crippen LogP contribution < -0.4 is 10.7 Å². The van der Waals surface area contributed by atoms with Gasteiger partial charge in [0.2, 0.25) is 0 Å². The molecule has 0 aliphatic carbocycles. The van der Waals surface area contributed by atoms with E-state index < -0.39 is 17.8 Å². The smallest absolute Gasteiger partial charge is 0.428 e. The van der Waals surface area contributed by atoms with Gasteiger partial charge >= 0.3 is 6.09 Å². The lowest BCUT2D eigenvalue weighted by Gasteiger charge is -2.13. The lowest BCUT2D eigenvalue weighted by atomic mass is 10.1. The number of benzene rings is 2. The van der Waals surface area contributed by atoms with Gasteiger partial charge in [0.25, 0.3) is 5.91 Å². The molecule has 0 atom stereocenters. The number of hydrazone groups is 1. The van der Waals surface area contributed by atoms with Crippen molar-refractivity contribution >= 4 is 23.4 Å². The van der Waals surface area contributed by atoms with Gasteiger partial charge in [0.15, 0.2) is 0 Å². The molecule has 23 heavy (non-hydrogen) atoms. The predicted molar refractivity (Wildman–Crippen MR) is 81.8 cm³/mol. The van der Waals surface area contributed by atoms with Crippen LogP contribution in [0.3, 0.4) is 0 Å². The maximum atomic E-state index is 13.6. The van der Waals surface area contributed by atoms with Gasteiger partial charge in [0.05, 0.1) is 5.56 Å². The second kappa shape index (κ2) is 6.27. The number of nitrogens with zero attached hydrogens (tertiary/aromatic N) is 1. The molecule has 0 saturated heterocycles. The second-order valence-corrected chi connectivity index (χ2v) is 4.76. The van der Waals surface area contributed by atoms with Gasteiger partial charge in [0.1, 0.15) is 18.1 Å². The van der Waals surface area contributed by atoms with E-state index in [0.29, 0.717) is 11.4 Å². The van der Waals surface area contributed by atoms with Crippen molar-refractivity contribution < 1.29 is 18.7 Å². The number of cyclic esters (lactones) is 1. The Morgan fingerprint density at radius 2 is 1.91 bits per heavy atom. The fourth-order valence-corrected chi connectivity index (χ4v) is 2.05. The Balaban J connectivity index is 1.72. The van der Waals surface area contributed by atoms with E-state index in [9.17, 15) is 14.0 Å². The summed E-state index contributed by atoms with van der Waals surface area (Å²) in [6.07, 6.45) is -0.595. The summed E-state index contributed by atoms with van der Waals surface area (Å²) < 4.78 is 18.4. The summed E-state index contributed by atoms with van der Waals surface area (Å²) in [4.78, 5) is 22.9. The molecule has 0 saturated carbocycles. The van der Waals surface area contributed by atoms with E-state index in [1.54, 1.807) is 30.3 Å². The first-order valence-electron chi connectivity index (χ1n) is 6.79. The summed E-state index contributed by atoms with van der Waals surface area (Å²) in [7, 11) is 0. The quantitative estimate of drug-likeness (QED) is 0.914. The van der Waals surface area contributed by atoms with Crippen LogP contribution in [0.5, 0.6) is 0 Å². The molecule has 1 aliphatic rings. The molecule has 2 aromatic carbocycles. The Hall–Kier alpha value is -3.22. The molecule has 116 valence electrons. The summed E-state index contributed by atoms with van der Waals surface area (Å²) in [6.45, 7) is 0.0762. The molecule has 2 amide bonds. The van der Waals surface area contributed by atoms with Crippen LogP contribution in [0.4, 0.5) is 14.9 Å². The van der Waals surface area contributed by atoms with Crippen molar-refractivity contribution in [3.05, 3.63) is 65.5 Å². The third-order valence-corrected chi connectivity index (χ3v) is 3.22. The van der Waals surface area contributed by atoms with Crippen LogP contribution in [-0.2, 0) is 4.74 Å². The first kappa shape index (κ1) is 14.7. The van der Waals surface area contributed by atoms with Gasteiger partial charge in [-0.05, 0) is 24.3 Å². The van der Waals surface area contributed by atoms with Crippen LogP contribution >= 0.6 is 0 Å². The van der Waals surface area contributed by atoms with Crippen LogP contribution in [0.1, 0.15) is 15.9 Å². The van der Waals surface area contributed by atoms with Crippen molar-refractivity contribution in [1.82, 2.24) is 5.43 Å². The molecule has 3 rings (SSSR count). The Morgan fingerprint density at radius 3 is 2.57 bits per heavy atom. The average Bonchev–Trinajstić information content (AvgIpc) is 2.57. The van der Waals surface area contributed by atoms with Gasteiger partial charge in [-0.3, -0.25) is 4.79 Å². The number of ether oxygens (including phenoxy) is 1. The Labute approximate surface area is 131 Å². The zero-order valence-electron chi connectivity index (χ0n) is 11.9. The molecule has 1 aliphatic heterocycles. The molecule has 0 aromatic heterocycles. The van der Waals surface area contributed by atoms with Gasteiger partial charge < -0.3 is 10.1 Å². The lowest BCUT2D eigenvalue weighted by molar-refractivity contribution is 0.102. The molecule has 0 unspecified atom stereocenters. The van der Waals surface area contributed by atoms with Crippen LogP contribution in [0.25, 0.3) is 0 Å². The number of hydrogen-bond donors (Lipinski definition) is 2. The first-order valence-corrected chi connectivity index (χ1v) is 6.79. The molecule has 1 heterocycles. The van der Waals surface area contributed by atoms with Crippen LogP contribution in [0, 0.1) is 5.82 Å². The van der Waals surface area contributed by atoms with Gasteiger partial charge in [-0.25, -0.2) is 14.6 Å².